The summed E-state index contributed by atoms with van der Waals surface area (Å²) in [5, 5.41) is 0. The number of H-pyrrole nitrogens is 1. The van der Waals surface area contributed by atoms with Crippen LogP contribution in [0.3, 0.4) is 0 Å². The molecule has 0 radical (unpaired) electrons. The molecule has 0 aliphatic carbocycles. The van der Waals surface area contributed by atoms with Crippen LogP contribution in [-0.4, -0.2) is 19.5 Å². The molecular weight excluding hydrogens is 646 g/mol. The maximum Gasteiger partial charge on any atom is 0.0722 e. The van der Waals surface area contributed by atoms with E-state index in [1.165, 1.54) is 61.0 Å². The Morgan fingerprint density at radius 2 is 1.15 bits per heavy atom. The van der Waals surface area contributed by atoms with E-state index in [0.29, 0.717) is 0 Å². The van der Waals surface area contributed by atoms with Gasteiger partial charge < -0.3 is 9.55 Å². The summed E-state index contributed by atoms with van der Waals surface area (Å²) in [4.78, 5) is 14.3. The average Bonchev–Trinajstić information content (AvgIpc) is 3.73. The molecule has 2 aliphatic rings. The molecule has 5 rings (SSSR count). The fraction of sp³-hybridized carbons (Fsp3) is 0.444. The van der Waals surface area contributed by atoms with Gasteiger partial charge in [0, 0.05) is 74.1 Å². The minimum absolute atomic E-state index is 0. The number of nitrogens with zero attached hydrogens (tertiary/aromatic N) is 3. The predicted molar refractivity (Wildman–Crippen MR) is 174 cm³/mol. The van der Waals surface area contributed by atoms with Crippen molar-refractivity contribution >= 4 is 45.9 Å². The summed E-state index contributed by atoms with van der Waals surface area (Å²) < 4.78 is 2.57. The first-order valence-electron chi connectivity index (χ1n) is 15.7. The molecule has 4 nitrogen and oxygen atoms in total. The van der Waals surface area contributed by atoms with Crippen molar-refractivity contribution in [3.8, 4) is 0 Å². The van der Waals surface area contributed by atoms with Crippen molar-refractivity contribution in [3.63, 3.8) is 0 Å². The van der Waals surface area contributed by atoms with E-state index in [2.05, 4.69) is 95.3 Å². The molecule has 0 atom stereocenters. The van der Waals surface area contributed by atoms with Crippen molar-refractivity contribution in [1.29, 1.82) is 0 Å². The SMILES string of the molecule is CCC1=Cc2cc3nc(cc4c(CC)c(CC)c(c(CC)c5[nH]c(c(CC)c1n2)c(CC)c5CC)n4CC)C=C3.[Gd]. The van der Waals surface area contributed by atoms with Gasteiger partial charge >= 0.3 is 0 Å². The van der Waals surface area contributed by atoms with Crippen LogP contribution in [0.5, 0.6) is 0 Å². The third kappa shape index (κ3) is 5.43. The Hall–Kier alpha value is -2.08. The molecule has 0 fully saturated rings. The van der Waals surface area contributed by atoms with Gasteiger partial charge in [0.05, 0.1) is 22.8 Å². The molecule has 2 aliphatic heterocycles. The van der Waals surface area contributed by atoms with Gasteiger partial charge in [-0.3, -0.25) is 0 Å². The standard InChI is InChI=1S/C36H46N4.Gd/c1-9-22-19-25-20-23-17-18-24(37-23)21-32-26(10-2)29(13-5)36(40(32)16-8)31(15-7)35-28(12-4)27(11-3)34(39-35)30(14-6)33(22)38-25;/h17-21,39H,9-16H2,1-8H3;. The van der Waals surface area contributed by atoms with Gasteiger partial charge in [0.15, 0.2) is 0 Å². The van der Waals surface area contributed by atoms with Gasteiger partial charge in [-0.25, -0.2) is 9.97 Å². The topological polar surface area (TPSA) is 46.5 Å². The van der Waals surface area contributed by atoms with Crippen LogP contribution in [-0.2, 0) is 45.1 Å². The quantitative estimate of drug-likeness (QED) is 0.200. The molecule has 0 saturated heterocycles. The van der Waals surface area contributed by atoms with Crippen LogP contribution < -0.4 is 0 Å². The molecule has 41 heavy (non-hydrogen) atoms. The van der Waals surface area contributed by atoms with Gasteiger partial charge in [-0.2, -0.15) is 0 Å². The van der Waals surface area contributed by atoms with Gasteiger partial charge in [-0.15, -0.1) is 0 Å². The summed E-state index contributed by atoms with van der Waals surface area (Å²) in [7, 11) is 0. The van der Waals surface area contributed by atoms with E-state index in [1.807, 2.05) is 0 Å². The van der Waals surface area contributed by atoms with Crippen LogP contribution in [0.15, 0.2) is 12.1 Å². The van der Waals surface area contributed by atoms with E-state index in [4.69, 9.17) is 9.97 Å². The van der Waals surface area contributed by atoms with Crippen molar-refractivity contribution in [2.24, 2.45) is 0 Å². The van der Waals surface area contributed by atoms with E-state index in [1.54, 1.807) is 0 Å². The molecule has 3 aromatic heterocycles. The van der Waals surface area contributed by atoms with Gasteiger partial charge in [-0.05, 0) is 116 Å². The minimum atomic E-state index is 0. The van der Waals surface area contributed by atoms with Crippen LogP contribution >= 0.6 is 0 Å². The molecule has 0 saturated carbocycles. The summed E-state index contributed by atoms with van der Waals surface area (Å²) in [6, 6.07) is 4.45. The maximum atomic E-state index is 5.22. The molecule has 218 valence electrons. The predicted octanol–water partition coefficient (Wildman–Crippen LogP) is 9.30. The number of aromatic amines is 1. The van der Waals surface area contributed by atoms with E-state index < -0.39 is 0 Å². The molecular formula is C36H46GdN4. The summed E-state index contributed by atoms with van der Waals surface area (Å²) in [5.74, 6) is 0. The fourth-order valence-electron chi connectivity index (χ4n) is 7.09. The van der Waals surface area contributed by atoms with Crippen molar-refractivity contribution < 1.29 is 39.9 Å². The molecule has 0 unspecified atom stereocenters. The number of rotatable bonds is 8. The minimum Gasteiger partial charge on any atom is -0.354 e. The van der Waals surface area contributed by atoms with E-state index in [0.717, 1.165) is 74.3 Å². The first-order valence-corrected chi connectivity index (χ1v) is 15.7. The third-order valence-corrected chi connectivity index (χ3v) is 8.86. The van der Waals surface area contributed by atoms with Crippen LogP contribution in [0.25, 0.3) is 45.9 Å². The zero-order valence-corrected chi connectivity index (χ0v) is 28.5. The second-order valence-corrected chi connectivity index (χ2v) is 10.8. The van der Waals surface area contributed by atoms with Crippen molar-refractivity contribution in [2.75, 3.05) is 0 Å². The van der Waals surface area contributed by atoms with Gasteiger partial charge in [0.1, 0.15) is 0 Å². The summed E-state index contributed by atoms with van der Waals surface area (Å²) in [6.07, 6.45) is 13.5. The third-order valence-electron chi connectivity index (χ3n) is 8.86. The maximum absolute atomic E-state index is 5.22. The van der Waals surface area contributed by atoms with E-state index >= 15 is 0 Å². The Morgan fingerprint density at radius 1 is 0.585 bits per heavy atom. The monoisotopic (exact) mass is 692 g/mol. The van der Waals surface area contributed by atoms with E-state index in [-0.39, 0.29) is 39.9 Å². The first-order chi connectivity index (χ1) is 19.5. The Balaban J connectivity index is 0.00000387. The number of aryl methyl sites for hydroxylation is 7. The number of hydrogen-bond acceptors (Lipinski definition) is 2. The first kappa shape index (κ1) is 31.9. The number of nitrogens with one attached hydrogen (secondary N) is 1. The van der Waals surface area contributed by atoms with Crippen molar-refractivity contribution in [1.82, 2.24) is 19.5 Å². The number of allylic oxidation sites excluding steroid dienone is 1. The second-order valence-electron chi connectivity index (χ2n) is 10.8. The average molecular weight is 692 g/mol. The van der Waals surface area contributed by atoms with E-state index in [9.17, 15) is 0 Å². The zero-order valence-electron chi connectivity index (χ0n) is 26.2. The Morgan fingerprint density at radius 3 is 1.68 bits per heavy atom. The summed E-state index contributed by atoms with van der Waals surface area (Å²) in [5.41, 5.74) is 19.4. The number of aromatic nitrogens is 4. The second kappa shape index (κ2) is 13.5. The smallest absolute Gasteiger partial charge is 0.0722 e. The molecule has 1 N–H and O–H groups in total. The number of fused-ring (bicyclic) bond motifs is 8. The largest absolute Gasteiger partial charge is 0.354 e. The molecule has 0 aromatic carbocycles. The van der Waals surface area contributed by atoms with Crippen LogP contribution in [0.2, 0.25) is 0 Å². The molecule has 8 bridgehead atoms. The van der Waals surface area contributed by atoms with Crippen LogP contribution in [0.4, 0.5) is 0 Å². The van der Waals surface area contributed by atoms with Gasteiger partial charge in [0.2, 0.25) is 0 Å². The molecule has 5 heteroatoms. The van der Waals surface area contributed by atoms with Gasteiger partial charge in [-0.1, -0.05) is 48.5 Å². The molecule has 3 aromatic rings. The van der Waals surface area contributed by atoms with Crippen molar-refractivity contribution in [3.05, 3.63) is 68.3 Å². The summed E-state index contributed by atoms with van der Waals surface area (Å²) >= 11 is 0. The molecule has 0 spiro atoms. The zero-order chi connectivity index (χ0) is 28.6. The Kier molecular flexibility index (Phi) is 10.5. The van der Waals surface area contributed by atoms with Crippen LogP contribution in [0.1, 0.15) is 118 Å². The Labute approximate surface area is 278 Å². The number of hydrogen-bond donors (Lipinski definition) is 1. The molecule has 0 amide bonds. The van der Waals surface area contributed by atoms with Gasteiger partial charge in [0.25, 0.3) is 0 Å². The van der Waals surface area contributed by atoms with Crippen molar-refractivity contribution in [2.45, 2.75) is 107 Å². The Bertz CT molecular complexity index is 1680. The summed E-state index contributed by atoms with van der Waals surface area (Å²) in [6.45, 7) is 19.3. The van der Waals surface area contributed by atoms with Crippen LogP contribution in [0, 0.1) is 39.9 Å². The fourth-order valence-corrected chi connectivity index (χ4v) is 7.09. The molecule has 5 heterocycles. The normalized spacial score (nSPS) is 12.5.